The fourth-order valence-corrected chi connectivity index (χ4v) is 3.08. The molecule has 2 rings (SSSR count). The van der Waals surface area contributed by atoms with Crippen molar-refractivity contribution in [2.45, 2.75) is 36.3 Å². The van der Waals surface area contributed by atoms with Gasteiger partial charge >= 0.3 is 0 Å². The van der Waals surface area contributed by atoms with Crippen molar-refractivity contribution in [3.8, 4) is 5.75 Å². The summed E-state index contributed by atoms with van der Waals surface area (Å²) in [4.78, 5) is 0.271. The molecule has 5 nitrogen and oxygen atoms in total. The molecular weight excluding hydrogens is 264 g/mol. The zero-order chi connectivity index (χ0) is 14.0. The SMILES string of the molecule is CN(C)S(=O)(=O)c1ccc(OC2CCC(N)C2)cc1. The molecular formula is C13H20N2O3S. The minimum absolute atomic E-state index is 0.145. The molecule has 0 bridgehead atoms. The lowest BCUT2D eigenvalue weighted by Gasteiger charge is -2.15. The van der Waals surface area contributed by atoms with Gasteiger partial charge in [-0.3, -0.25) is 0 Å². The molecule has 1 aliphatic rings. The number of nitrogens with two attached hydrogens (primary N) is 1. The Morgan fingerprint density at radius 1 is 1.21 bits per heavy atom. The average Bonchev–Trinajstić information content (AvgIpc) is 2.75. The van der Waals surface area contributed by atoms with E-state index in [4.69, 9.17) is 10.5 Å². The standard InChI is InChI=1S/C13H20N2O3S/c1-15(2)19(16,17)13-7-5-11(6-8-13)18-12-4-3-10(14)9-12/h5-8,10,12H,3-4,9,14H2,1-2H3. The number of sulfonamides is 1. The Hall–Kier alpha value is -1.11. The average molecular weight is 284 g/mol. The van der Waals surface area contributed by atoms with Crippen molar-refractivity contribution >= 4 is 10.0 Å². The first kappa shape index (κ1) is 14.3. The first-order chi connectivity index (χ1) is 8.89. The van der Waals surface area contributed by atoms with Gasteiger partial charge in [0.05, 0.1) is 4.90 Å². The van der Waals surface area contributed by atoms with Crippen molar-refractivity contribution in [2.24, 2.45) is 5.73 Å². The van der Waals surface area contributed by atoms with Gasteiger partial charge in [-0.2, -0.15) is 0 Å². The molecule has 2 atom stereocenters. The van der Waals surface area contributed by atoms with E-state index in [-0.39, 0.29) is 17.0 Å². The Bertz CT molecular complexity index is 525. The van der Waals surface area contributed by atoms with Crippen LogP contribution in [0.25, 0.3) is 0 Å². The van der Waals surface area contributed by atoms with Crippen molar-refractivity contribution in [3.05, 3.63) is 24.3 Å². The zero-order valence-corrected chi connectivity index (χ0v) is 12.1. The third kappa shape index (κ3) is 3.26. The third-order valence-electron chi connectivity index (χ3n) is 3.33. The van der Waals surface area contributed by atoms with Gasteiger partial charge in [-0.25, -0.2) is 12.7 Å². The first-order valence-electron chi connectivity index (χ1n) is 6.34. The Kier molecular flexibility index (Phi) is 4.13. The van der Waals surface area contributed by atoms with Crippen molar-refractivity contribution < 1.29 is 13.2 Å². The molecule has 1 aromatic carbocycles. The predicted molar refractivity (Wildman–Crippen MR) is 73.6 cm³/mol. The normalized spacial score (nSPS) is 23.8. The van der Waals surface area contributed by atoms with Gasteiger partial charge in [0.15, 0.2) is 0 Å². The van der Waals surface area contributed by atoms with Gasteiger partial charge in [0.25, 0.3) is 0 Å². The van der Waals surface area contributed by atoms with Crippen molar-refractivity contribution in [1.29, 1.82) is 0 Å². The molecule has 2 unspecified atom stereocenters. The number of hydrogen-bond acceptors (Lipinski definition) is 4. The fourth-order valence-electron chi connectivity index (χ4n) is 2.17. The van der Waals surface area contributed by atoms with Crippen LogP contribution in [0.15, 0.2) is 29.2 Å². The number of nitrogens with zero attached hydrogens (tertiary/aromatic N) is 1. The van der Waals surface area contributed by atoms with Gasteiger partial charge in [-0.05, 0) is 43.5 Å². The zero-order valence-electron chi connectivity index (χ0n) is 11.2. The van der Waals surface area contributed by atoms with E-state index in [2.05, 4.69) is 0 Å². The minimum atomic E-state index is -3.37. The smallest absolute Gasteiger partial charge is 0.242 e. The molecule has 0 amide bonds. The molecule has 0 spiro atoms. The van der Waals surface area contributed by atoms with Gasteiger partial charge in [-0.15, -0.1) is 0 Å². The minimum Gasteiger partial charge on any atom is -0.490 e. The highest BCUT2D eigenvalue weighted by molar-refractivity contribution is 7.89. The van der Waals surface area contributed by atoms with Gasteiger partial charge in [0.2, 0.25) is 10.0 Å². The lowest BCUT2D eigenvalue weighted by atomic mass is 10.3. The summed E-state index contributed by atoms with van der Waals surface area (Å²) in [5.41, 5.74) is 5.83. The Balaban J connectivity index is 2.07. The molecule has 0 heterocycles. The highest BCUT2D eigenvalue weighted by atomic mass is 32.2. The van der Waals surface area contributed by atoms with Crippen LogP contribution < -0.4 is 10.5 Å². The fraction of sp³-hybridized carbons (Fsp3) is 0.538. The summed E-state index contributed by atoms with van der Waals surface area (Å²) < 4.78 is 30.8. The van der Waals surface area contributed by atoms with E-state index in [0.717, 1.165) is 19.3 Å². The second-order valence-corrected chi connectivity index (χ2v) is 7.22. The molecule has 0 saturated heterocycles. The van der Waals surface area contributed by atoms with E-state index in [1.54, 1.807) is 24.3 Å². The van der Waals surface area contributed by atoms with Crippen LogP contribution in [-0.4, -0.2) is 39.0 Å². The van der Waals surface area contributed by atoms with Gasteiger partial charge < -0.3 is 10.5 Å². The summed E-state index contributed by atoms with van der Waals surface area (Å²) in [7, 11) is -0.345. The Labute approximate surface area is 114 Å². The second-order valence-electron chi connectivity index (χ2n) is 5.07. The van der Waals surface area contributed by atoms with E-state index < -0.39 is 10.0 Å². The quantitative estimate of drug-likeness (QED) is 0.901. The van der Waals surface area contributed by atoms with Gasteiger partial charge in [0, 0.05) is 20.1 Å². The van der Waals surface area contributed by atoms with E-state index in [1.807, 2.05) is 0 Å². The molecule has 6 heteroatoms. The van der Waals surface area contributed by atoms with E-state index in [9.17, 15) is 8.42 Å². The van der Waals surface area contributed by atoms with E-state index >= 15 is 0 Å². The van der Waals surface area contributed by atoms with Gasteiger partial charge in [0.1, 0.15) is 11.9 Å². The molecule has 2 N–H and O–H groups in total. The predicted octanol–water partition coefficient (Wildman–Crippen LogP) is 1.20. The van der Waals surface area contributed by atoms with Gasteiger partial charge in [-0.1, -0.05) is 0 Å². The molecule has 0 radical (unpaired) electrons. The number of hydrogen-bond donors (Lipinski definition) is 1. The maximum absolute atomic E-state index is 11.9. The lowest BCUT2D eigenvalue weighted by molar-refractivity contribution is 0.208. The van der Waals surface area contributed by atoms with Crippen LogP contribution in [0, 0.1) is 0 Å². The number of benzene rings is 1. The molecule has 106 valence electrons. The number of rotatable bonds is 4. The van der Waals surface area contributed by atoms with Crippen LogP contribution in [0.1, 0.15) is 19.3 Å². The topological polar surface area (TPSA) is 72.6 Å². The summed E-state index contributed by atoms with van der Waals surface area (Å²) in [5.74, 6) is 0.691. The van der Waals surface area contributed by atoms with E-state index in [1.165, 1.54) is 18.4 Å². The molecule has 1 fully saturated rings. The Morgan fingerprint density at radius 3 is 2.32 bits per heavy atom. The molecule has 19 heavy (non-hydrogen) atoms. The largest absolute Gasteiger partial charge is 0.490 e. The van der Waals surface area contributed by atoms with Crippen LogP contribution in [0.2, 0.25) is 0 Å². The highest BCUT2D eigenvalue weighted by Gasteiger charge is 2.23. The third-order valence-corrected chi connectivity index (χ3v) is 5.16. The van der Waals surface area contributed by atoms with E-state index in [0.29, 0.717) is 5.75 Å². The monoisotopic (exact) mass is 284 g/mol. The summed E-state index contributed by atoms with van der Waals surface area (Å²) in [6.07, 6.45) is 2.94. The molecule has 0 aliphatic heterocycles. The van der Waals surface area contributed by atoms with Crippen LogP contribution >= 0.6 is 0 Å². The molecule has 1 aliphatic carbocycles. The maximum atomic E-state index is 11.9. The van der Waals surface area contributed by atoms with Crippen LogP contribution in [0.3, 0.4) is 0 Å². The molecule has 1 saturated carbocycles. The Morgan fingerprint density at radius 2 is 1.84 bits per heavy atom. The lowest BCUT2D eigenvalue weighted by Crippen LogP contribution is -2.22. The van der Waals surface area contributed by atoms with Crippen molar-refractivity contribution in [3.63, 3.8) is 0 Å². The van der Waals surface area contributed by atoms with Crippen molar-refractivity contribution in [2.75, 3.05) is 14.1 Å². The first-order valence-corrected chi connectivity index (χ1v) is 7.78. The van der Waals surface area contributed by atoms with Crippen LogP contribution in [0.4, 0.5) is 0 Å². The highest BCUT2D eigenvalue weighted by Crippen LogP contribution is 2.25. The summed E-state index contributed by atoms with van der Waals surface area (Å²) >= 11 is 0. The number of ether oxygens (including phenoxy) is 1. The second kappa shape index (κ2) is 5.48. The van der Waals surface area contributed by atoms with Crippen LogP contribution in [0.5, 0.6) is 5.75 Å². The summed E-state index contributed by atoms with van der Waals surface area (Å²) in [6.45, 7) is 0. The summed E-state index contributed by atoms with van der Waals surface area (Å²) in [5, 5.41) is 0. The van der Waals surface area contributed by atoms with Crippen molar-refractivity contribution in [1.82, 2.24) is 4.31 Å². The van der Waals surface area contributed by atoms with Crippen LogP contribution in [-0.2, 0) is 10.0 Å². The maximum Gasteiger partial charge on any atom is 0.242 e. The summed E-state index contributed by atoms with van der Waals surface area (Å²) in [6, 6.07) is 6.75. The molecule has 1 aromatic rings. The molecule has 0 aromatic heterocycles.